The van der Waals surface area contributed by atoms with E-state index in [9.17, 15) is 59.4 Å². The summed E-state index contributed by atoms with van der Waals surface area (Å²) in [6.07, 6.45) is 0. The molecule has 0 unspecified atom stereocenters. The fourth-order valence-corrected chi connectivity index (χ4v) is 2.23. The Morgan fingerprint density at radius 3 is 0.421 bits per heavy atom. The van der Waals surface area contributed by atoms with Crippen molar-refractivity contribution < 1.29 is 125 Å². The van der Waals surface area contributed by atoms with Gasteiger partial charge in [0, 0.05) is 0 Å². The largest absolute Gasteiger partial charge is 3.00 e. The molecule has 12 nitrogen and oxygen atoms in total. The van der Waals surface area contributed by atoms with Gasteiger partial charge in [0.25, 0.3) is 0 Å². The van der Waals surface area contributed by atoms with E-state index >= 15 is 0 Å². The molecule has 0 saturated carbocycles. The van der Waals surface area contributed by atoms with Gasteiger partial charge in [-0.3, -0.25) is 0 Å². The number of hydrogen-bond acceptors (Lipinski definition) is 12. The first-order valence-corrected chi connectivity index (χ1v) is 9.41. The maximum atomic E-state index is 10.2. The monoisotopic (exact) mass is 670 g/mol. The van der Waals surface area contributed by atoms with Crippen LogP contribution in [0.15, 0.2) is 72.8 Å². The molecule has 0 aliphatic rings. The fourth-order valence-electron chi connectivity index (χ4n) is 2.23. The van der Waals surface area contributed by atoms with E-state index in [-0.39, 0.29) is 98.8 Å². The number of hydrogen-bond donors (Lipinski definition) is 0. The van der Waals surface area contributed by atoms with Crippen LogP contribution in [-0.4, -0.2) is 35.8 Å². The molecule has 3 aromatic rings. The van der Waals surface area contributed by atoms with Crippen LogP contribution in [0.4, 0.5) is 0 Å². The molecule has 0 amide bonds. The predicted octanol–water partition coefficient (Wildman–Crippen LogP) is -4.76. The Morgan fingerprint density at radius 1 is 0.289 bits per heavy atom. The van der Waals surface area contributed by atoms with E-state index < -0.39 is 35.8 Å². The van der Waals surface area contributed by atoms with Crippen molar-refractivity contribution in [2.75, 3.05) is 0 Å². The smallest absolute Gasteiger partial charge is 0.545 e. The van der Waals surface area contributed by atoms with Crippen LogP contribution in [-0.2, 0) is 65.4 Å². The zero-order valence-corrected chi connectivity index (χ0v) is 24.7. The second kappa shape index (κ2) is 18.0. The molecular weight excluding hydrogens is 658 g/mol. The van der Waals surface area contributed by atoms with Crippen molar-refractivity contribution in [2.24, 2.45) is 0 Å². The van der Waals surface area contributed by atoms with Gasteiger partial charge in [0.05, 0.1) is 35.8 Å². The number of carbonyl (C=O) groups is 6. The standard InChI is InChI=1S/3C8H6O4.2Y/c3*9-7(10)5-1-2-6(4-3-5)8(11)12;;/h3*1-4H,(H,9,10)(H,11,12);;/q;;;2*+3/p-6. The summed E-state index contributed by atoms with van der Waals surface area (Å²) in [6.45, 7) is 0. The Hall–Kier alpha value is -3.31. The predicted molar refractivity (Wildman–Crippen MR) is 105 cm³/mol. The fraction of sp³-hybridized carbons (Fsp3) is 0. The number of carboxylic acid groups (broad SMARTS) is 6. The van der Waals surface area contributed by atoms with E-state index in [1.54, 1.807) is 0 Å². The molecule has 0 aliphatic heterocycles. The first-order chi connectivity index (χ1) is 16.8. The summed E-state index contributed by atoms with van der Waals surface area (Å²) in [5.74, 6) is -8.00. The van der Waals surface area contributed by atoms with Crippen LogP contribution in [0.1, 0.15) is 62.1 Å². The van der Waals surface area contributed by atoms with Gasteiger partial charge in [0.15, 0.2) is 0 Å². The summed E-state index contributed by atoms with van der Waals surface area (Å²) in [4.78, 5) is 61.2. The maximum absolute atomic E-state index is 10.2. The molecule has 0 bridgehead atoms. The molecule has 0 radical (unpaired) electrons. The Bertz CT molecular complexity index is 1010. The molecule has 0 spiro atoms. The third-order valence-corrected chi connectivity index (χ3v) is 4.07. The second-order valence-electron chi connectivity index (χ2n) is 6.46. The van der Waals surface area contributed by atoms with E-state index in [0.29, 0.717) is 0 Å². The SMILES string of the molecule is O=C([O-])c1ccc(C(=O)[O-])cc1.O=C([O-])c1ccc(C(=O)[O-])cc1.O=C([O-])c1ccc(C(=O)[O-])cc1.[Y+3].[Y+3]. The van der Waals surface area contributed by atoms with Gasteiger partial charge in [-0.1, -0.05) is 72.8 Å². The number of carbonyl (C=O) groups excluding carboxylic acids is 6. The second-order valence-corrected chi connectivity index (χ2v) is 6.46. The molecule has 0 atom stereocenters. The summed E-state index contributed by atoms with van der Waals surface area (Å²) in [5.41, 5.74) is -0.333. The van der Waals surface area contributed by atoms with Crippen molar-refractivity contribution >= 4 is 35.8 Å². The molecule has 38 heavy (non-hydrogen) atoms. The van der Waals surface area contributed by atoms with Crippen LogP contribution in [0.25, 0.3) is 0 Å². The first-order valence-electron chi connectivity index (χ1n) is 9.41. The van der Waals surface area contributed by atoms with Crippen LogP contribution in [0.3, 0.4) is 0 Å². The Balaban J connectivity index is 0. The molecule has 0 heterocycles. The van der Waals surface area contributed by atoms with E-state index in [1.165, 1.54) is 0 Å². The number of carboxylic acids is 6. The maximum Gasteiger partial charge on any atom is 3.00 e. The van der Waals surface area contributed by atoms with E-state index in [2.05, 4.69) is 0 Å². The molecule has 0 fully saturated rings. The van der Waals surface area contributed by atoms with Gasteiger partial charge in [-0.05, 0) is 33.4 Å². The third-order valence-electron chi connectivity index (χ3n) is 4.07. The van der Waals surface area contributed by atoms with Gasteiger partial charge >= 0.3 is 65.4 Å². The van der Waals surface area contributed by atoms with E-state index in [0.717, 1.165) is 72.8 Å². The van der Waals surface area contributed by atoms with Crippen molar-refractivity contribution in [1.82, 2.24) is 0 Å². The van der Waals surface area contributed by atoms with Crippen molar-refractivity contribution in [3.05, 3.63) is 106 Å². The van der Waals surface area contributed by atoms with Gasteiger partial charge in [-0.2, -0.15) is 0 Å². The summed E-state index contributed by atoms with van der Waals surface area (Å²) in [7, 11) is 0. The van der Waals surface area contributed by atoms with Crippen LogP contribution in [0.5, 0.6) is 0 Å². The van der Waals surface area contributed by atoms with Gasteiger partial charge in [-0.25, -0.2) is 0 Å². The van der Waals surface area contributed by atoms with E-state index in [1.807, 2.05) is 0 Å². The molecule has 186 valence electrons. The first kappa shape index (κ1) is 36.8. The Labute approximate surface area is 264 Å². The van der Waals surface area contributed by atoms with Crippen molar-refractivity contribution in [2.45, 2.75) is 0 Å². The number of rotatable bonds is 6. The Kier molecular flexibility index (Phi) is 17.5. The minimum atomic E-state index is -1.33. The van der Waals surface area contributed by atoms with Crippen LogP contribution in [0.2, 0.25) is 0 Å². The Morgan fingerprint density at radius 2 is 0.368 bits per heavy atom. The molecule has 3 aromatic carbocycles. The number of aromatic carboxylic acids is 6. The summed E-state index contributed by atoms with van der Waals surface area (Å²) in [5, 5.41) is 61.2. The normalized spacial score (nSPS) is 8.84. The average molecular weight is 670 g/mol. The quantitative estimate of drug-likeness (QED) is 0.240. The molecule has 0 aliphatic carbocycles. The number of benzene rings is 3. The third kappa shape index (κ3) is 12.8. The van der Waals surface area contributed by atoms with Gasteiger partial charge in [0.1, 0.15) is 0 Å². The molecule has 0 aromatic heterocycles. The van der Waals surface area contributed by atoms with E-state index in [4.69, 9.17) is 0 Å². The topological polar surface area (TPSA) is 241 Å². The molecule has 0 N–H and O–H groups in total. The average Bonchev–Trinajstić information content (AvgIpc) is 2.84. The zero-order valence-electron chi connectivity index (χ0n) is 19.0. The minimum absolute atomic E-state index is 0. The molecule has 3 rings (SSSR count). The van der Waals surface area contributed by atoms with Gasteiger partial charge in [-0.15, -0.1) is 0 Å². The van der Waals surface area contributed by atoms with Crippen molar-refractivity contribution in [3.8, 4) is 0 Å². The molecule has 14 heteroatoms. The van der Waals surface area contributed by atoms with Crippen LogP contribution in [0, 0.1) is 0 Å². The van der Waals surface area contributed by atoms with Crippen molar-refractivity contribution in [3.63, 3.8) is 0 Å². The van der Waals surface area contributed by atoms with Crippen LogP contribution < -0.4 is 30.6 Å². The summed E-state index contributed by atoms with van der Waals surface area (Å²) in [6, 6.07) is 13.8. The van der Waals surface area contributed by atoms with Gasteiger partial charge < -0.3 is 59.4 Å². The van der Waals surface area contributed by atoms with Gasteiger partial charge in [0.2, 0.25) is 0 Å². The molecule has 0 saturated heterocycles. The van der Waals surface area contributed by atoms with Crippen LogP contribution >= 0.6 is 0 Å². The zero-order chi connectivity index (χ0) is 27.4. The summed E-state index contributed by atoms with van der Waals surface area (Å²) >= 11 is 0. The van der Waals surface area contributed by atoms with Crippen molar-refractivity contribution in [1.29, 1.82) is 0 Å². The minimum Gasteiger partial charge on any atom is -0.545 e. The summed E-state index contributed by atoms with van der Waals surface area (Å²) < 4.78 is 0. The molecular formula is C24H12O12Y2.